The van der Waals surface area contributed by atoms with Gasteiger partial charge in [0.05, 0.1) is 18.9 Å². The molecule has 1 aliphatic rings. The standard InChI is InChI=1S/C14H15N3O4S/c18-9-1-2-10(12(19)7-9)11-8-22-13(15-11)16-14(20)17-3-5-21-6-4-17/h1-2,7-8,18-19H,3-6H2,(H,15,16,20). The first-order valence-corrected chi connectivity index (χ1v) is 7.63. The van der Waals surface area contributed by atoms with Crippen molar-refractivity contribution in [1.82, 2.24) is 9.88 Å². The van der Waals surface area contributed by atoms with Crippen LogP contribution in [-0.2, 0) is 4.74 Å². The van der Waals surface area contributed by atoms with E-state index < -0.39 is 0 Å². The van der Waals surface area contributed by atoms with Crippen LogP contribution in [0.15, 0.2) is 23.6 Å². The fourth-order valence-electron chi connectivity index (χ4n) is 2.13. The number of benzene rings is 1. The lowest BCUT2D eigenvalue weighted by Crippen LogP contribution is -2.43. The molecule has 1 aliphatic heterocycles. The van der Waals surface area contributed by atoms with Crippen molar-refractivity contribution < 1.29 is 19.7 Å². The van der Waals surface area contributed by atoms with Crippen molar-refractivity contribution in [3.8, 4) is 22.8 Å². The Hall–Kier alpha value is -2.32. The Morgan fingerprint density at radius 2 is 2.09 bits per heavy atom. The van der Waals surface area contributed by atoms with E-state index >= 15 is 0 Å². The second kappa shape index (κ2) is 6.20. The largest absolute Gasteiger partial charge is 0.508 e. The Kier molecular flexibility index (Phi) is 4.12. The summed E-state index contributed by atoms with van der Waals surface area (Å²) in [4.78, 5) is 18.0. The second-order valence-corrected chi connectivity index (χ2v) is 5.63. The van der Waals surface area contributed by atoms with Crippen LogP contribution in [0.5, 0.6) is 11.5 Å². The quantitative estimate of drug-likeness (QED) is 0.787. The van der Waals surface area contributed by atoms with Gasteiger partial charge in [0.15, 0.2) is 5.13 Å². The molecule has 3 rings (SSSR count). The number of hydrogen-bond donors (Lipinski definition) is 3. The normalized spacial score (nSPS) is 14.8. The Morgan fingerprint density at radius 1 is 1.32 bits per heavy atom. The van der Waals surface area contributed by atoms with Crippen LogP contribution >= 0.6 is 11.3 Å². The predicted molar refractivity (Wildman–Crippen MR) is 82.3 cm³/mol. The minimum absolute atomic E-state index is 0.0164. The number of aromatic nitrogens is 1. The molecule has 0 unspecified atom stereocenters. The molecule has 2 aromatic rings. The summed E-state index contributed by atoms with van der Waals surface area (Å²) in [5.41, 5.74) is 1.04. The molecule has 0 radical (unpaired) electrons. The van der Waals surface area contributed by atoms with Gasteiger partial charge in [-0.15, -0.1) is 11.3 Å². The van der Waals surface area contributed by atoms with Crippen molar-refractivity contribution in [2.75, 3.05) is 31.6 Å². The van der Waals surface area contributed by atoms with Crippen molar-refractivity contribution in [3.05, 3.63) is 23.6 Å². The summed E-state index contributed by atoms with van der Waals surface area (Å²) < 4.78 is 5.20. The Labute approximate surface area is 130 Å². The van der Waals surface area contributed by atoms with Gasteiger partial charge in [-0.3, -0.25) is 5.32 Å². The number of anilines is 1. The first-order valence-electron chi connectivity index (χ1n) is 6.75. The molecule has 2 amide bonds. The molecule has 1 aromatic heterocycles. The minimum atomic E-state index is -0.209. The van der Waals surface area contributed by atoms with E-state index in [9.17, 15) is 15.0 Å². The molecule has 0 bridgehead atoms. The molecule has 22 heavy (non-hydrogen) atoms. The number of nitrogens with zero attached hydrogens (tertiary/aromatic N) is 2. The molecule has 0 atom stereocenters. The van der Waals surface area contributed by atoms with Crippen molar-refractivity contribution in [1.29, 1.82) is 0 Å². The molecule has 0 saturated carbocycles. The highest BCUT2D eigenvalue weighted by atomic mass is 32.1. The number of urea groups is 1. The number of nitrogens with one attached hydrogen (secondary N) is 1. The molecule has 116 valence electrons. The molecule has 2 heterocycles. The maximum absolute atomic E-state index is 12.1. The van der Waals surface area contributed by atoms with Gasteiger partial charge in [0.2, 0.25) is 0 Å². The third-order valence-electron chi connectivity index (χ3n) is 3.27. The van der Waals surface area contributed by atoms with Gasteiger partial charge in [0.25, 0.3) is 0 Å². The Balaban J connectivity index is 1.72. The van der Waals surface area contributed by atoms with Crippen LogP contribution in [0.1, 0.15) is 0 Å². The summed E-state index contributed by atoms with van der Waals surface area (Å²) in [5, 5.41) is 24.1. The average molecular weight is 321 g/mol. The van der Waals surface area contributed by atoms with E-state index in [1.54, 1.807) is 16.3 Å². The molecule has 0 spiro atoms. The van der Waals surface area contributed by atoms with Gasteiger partial charge in [-0.2, -0.15) is 0 Å². The lowest BCUT2D eigenvalue weighted by molar-refractivity contribution is 0.0564. The number of morpholine rings is 1. The highest BCUT2D eigenvalue weighted by Gasteiger charge is 2.18. The summed E-state index contributed by atoms with van der Waals surface area (Å²) in [6.45, 7) is 2.20. The summed E-state index contributed by atoms with van der Waals surface area (Å²) in [6.07, 6.45) is 0. The zero-order valence-corrected chi connectivity index (χ0v) is 12.5. The summed E-state index contributed by atoms with van der Waals surface area (Å²) >= 11 is 1.28. The van der Waals surface area contributed by atoms with Gasteiger partial charge in [-0.1, -0.05) is 0 Å². The number of rotatable bonds is 2. The van der Waals surface area contributed by atoms with Crippen molar-refractivity contribution in [2.24, 2.45) is 0 Å². The van der Waals surface area contributed by atoms with Crippen molar-refractivity contribution in [3.63, 3.8) is 0 Å². The topological polar surface area (TPSA) is 94.9 Å². The molecule has 1 saturated heterocycles. The molecular weight excluding hydrogens is 306 g/mol. The molecule has 7 nitrogen and oxygen atoms in total. The molecule has 3 N–H and O–H groups in total. The summed E-state index contributed by atoms with van der Waals surface area (Å²) in [7, 11) is 0. The fourth-order valence-corrected chi connectivity index (χ4v) is 2.83. The van der Waals surface area contributed by atoms with E-state index in [1.807, 2.05) is 0 Å². The summed E-state index contributed by atoms with van der Waals surface area (Å²) in [6, 6.07) is 4.09. The SMILES string of the molecule is O=C(Nc1nc(-c2ccc(O)cc2O)cs1)N1CCOCC1. The van der Waals surface area contributed by atoms with Crippen molar-refractivity contribution >= 4 is 22.5 Å². The van der Waals surface area contributed by atoms with Crippen LogP contribution in [0.2, 0.25) is 0 Å². The Morgan fingerprint density at radius 3 is 2.82 bits per heavy atom. The van der Waals surface area contributed by atoms with E-state index in [0.717, 1.165) is 0 Å². The first kappa shape index (κ1) is 14.6. The monoisotopic (exact) mass is 321 g/mol. The summed E-state index contributed by atoms with van der Waals surface area (Å²) in [5.74, 6) is -0.0753. The zero-order valence-electron chi connectivity index (χ0n) is 11.7. The third kappa shape index (κ3) is 3.12. The number of aromatic hydroxyl groups is 2. The van der Waals surface area contributed by atoms with Gasteiger partial charge < -0.3 is 19.8 Å². The lowest BCUT2D eigenvalue weighted by atomic mass is 10.1. The van der Waals surface area contributed by atoms with E-state index in [4.69, 9.17) is 4.74 Å². The number of phenols is 2. The molecule has 0 aliphatic carbocycles. The fraction of sp³-hybridized carbons (Fsp3) is 0.286. The van der Waals surface area contributed by atoms with E-state index in [2.05, 4.69) is 10.3 Å². The molecular formula is C14H15N3O4S. The first-order chi connectivity index (χ1) is 10.6. The van der Waals surface area contributed by atoms with Crippen LogP contribution < -0.4 is 5.32 Å². The van der Waals surface area contributed by atoms with Crippen LogP contribution in [0, 0.1) is 0 Å². The number of ether oxygens (including phenoxy) is 1. The maximum atomic E-state index is 12.1. The number of carbonyl (C=O) groups is 1. The molecule has 1 aromatic carbocycles. The number of hydrogen-bond acceptors (Lipinski definition) is 6. The van der Waals surface area contributed by atoms with Crippen LogP contribution in [0.4, 0.5) is 9.93 Å². The second-order valence-electron chi connectivity index (χ2n) is 4.77. The third-order valence-corrected chi connectivity index (χ3v) is 4.03. The van der Waals surface area contributed by atoms with E-state index in [0.29, 0.717) is 42.7 Å². The van der Waals surface area contributed by atoms with Gasteiger partial charge in [-0.25, -0.2) is 9.78 Å². The van der Waals surface area contributed by atoms with Gasteiger partial charge in [-0.05, 0) is 12.1 Å². The zero-order chi connectivity index (χ0) is 15.5. The number of carbonyl (C=O) groups excluding carboxylic acids is 1. The van der Waals surface area contributed by atoms with Crippen LogP contribution in [-0.4, -0.2) is 52.4 Å². The maximum Gasteiger partial charge on any atom is 0.323 e. The van der Waals surface area contributed by atoms with Gasteiger partial charge in [0.1, 0.15) is 11.5 Å². The number of phenolic OH excluding ortho intramolecular Hbond substituents is 2. The average Bonchev–Trinajstić information content (AvgIpc) is 2.96. The van der Waals surface area contributed by atoms with Gasteiger partial charge >= 0.3 is 6.03 Å². The molecule has 1 fully saturated rings. The van der Waals surface area contributed by atoms with Crippen molar-refractivity contribution in [2.45, 2.75) is 0 Å². The highest BCUT2D eigenvalue weighted by Crippen LogP contribution is 2.33. The van der Waals surface area contributed by atoms with E-state index in [-0.39, 0.29) is 17.5 Å². The minimum Gasteiger partial charge on any atom is -0.508 e. The Bertz CT molecular complexity index is 682. The molecule has 8 heteroatoms. The van der Waals surface area contributed by atoms with Crippen LogP contribution in [0.3, 0.4) is 0 Å². The van der Waals surface area contributed by atoms with Gasteiger partial charge in [0, 0.05) is 30.1 Å². The highest BCUT2D eigenvalue weighted by molar-refractivity contribution is 7.14. The van der Waals surface area contributed by atoms with Crippen LogP contribution in [0.25, 0.3) is 11.3 Å². The number of amides is 2. The van der Waals surface area contributed by atoms with E-state index in [1.165, 1.54) is 23.5 Å². The number of thiazole rings is 1. The lowest BCUT2D eigenvalue weighted by Gasteiger charge is -2.26. The smallest absolute Gasteiger partial charge is 0.323 e. The predicted octanol–water partition coefficient (Wildman–Crippen LogP) is 2.09.